The lowest BCUT2D eigenvalue weighted by Crippen LogP contribution is -2.27. The van der Waals surface area contributed by atoms with E-state index in [2.05, 4.69) is 6.92 Å². The highest BCUT2D eigenvalue weighted by molar-refractivity contribution is 5.71. The maximum atomic E-state index is 14.8. The third kappa shape index (κ3) is 5.05. The molecule has 33 heavy (non-hydrogen) atoms. The normalized spacial score (nSPS) is 18.7. The molecule has 4 rings (SSSR count). The van der Waals surface area contributed by atoms with Gasteiger partial charge in [0.2, 0.25) is 0 Å². The van der Waals surface area contributed by atoms with Gasteiger partial charge in [-0.25, -0.2) is 13.2 Å². The summed E-state index contributed by atoms with van der Waals surface area (Å²) in [6, 6.07) is 15.1. The Morgan fingerprint density at radius 1 is 0.848 bits per heavy atom. The van der Waals surface area contributed by atoms with Gasteiger partial charge in [-0.15, -0.1) is 0 Å². The van der Waals surface area contributed by atoms with Gasteiger partial charge in [-0.1, -0.05) is 67.6 Å². The van der Waals surface area contributed by atoms with Crippen LogP contribution in [0.2, 0.25) is 0 Å². The molecule has 0 aromatic heterocycles. The molecule has 1 aliphatic heterocycles. The van der Waals surface area contributed by atoms with Gasteiger partial charge >= 0.3 is 0 Å². The van der Waals surface area contributed by atoms with Gasteiger partial charge in [0.15, 0.2) is 17.9 Å². The van der Waals surface area contributed by atoms with E-state index < -0.39 is 23.7 Å². The first kappa shape index (κ1) is 23.3. The summed E-state index contributed by atoms with van der Waals surface area (Å²) in [4.78, 5) is 0. The zero-order valence-corrected chi connectivity index (χ0v) is 18.8. The predicted molar refractivity (Wildman–Crippen MR) is 124 cm³/mol. The van der Waals surface area contributed by atoms with E-state index in [1.807, 2.05) is 13.0 Å². The topological polar surface area (TPSA) is 18.5 Å². The Bertz CT molecular complexity index is 1130. The summed E-state index contributed by atoms with van der Waals surface area (Å²) in [6.07, 6.45) is 4.19. The van der Waals surface area contributed by atoms with Gasteiger partial charge in [-0.3, -0.25) is 0 Å². The molecule has 0 unspecified atom stereocenters. The fourth-order valence-electron chi connectivity index (χ4n) is 3.91. The van der Waals surface area contributed by atoms with Gasteiger partial charge in [0.05, 0.1) is 13.2 Å². The lowest BCUT2D eigenvalue weighted by molar-refractivity contribution is -0.206. The summed E-state index contributed by atoms with van der Waals surface area (Å²) in [5, 5.41) is 0. The van der Waals surface area contributed by atoms with Gasteiger partial charge in [0.25, 0.3) is 0 Å². The Kier molecular flexibility index (Phi) is 7.31. The summed E-state index contributed by atoms with van der Waals surface area (Å²) < 4.78 is 55.2. The van der Waals surface area contributed by atoms with Crippen LogP contribution in [0.4, 0.5) is 13.2 Å². The standard InChI is InChI=1S/C28H27F3O2/c1-3-5-6-21-11-13-23(27(31)26(21)30)20-9-7-19(8-10-20)22-12-14-24(25(29)15-22)28-32-16-18(4-2)17-33-28/h3,5,7-15,18,28H,4,6,16-17H2,1-2H3. The molecule has 0 saturated carbocycles. The molecule has 0 aliphatic carbocycles. The maximum Gasteiger partial charge on any atom is 0.186 e. The molecule has 0 spiro atoms. The highest BCUT2D eigenvalue weighted by Gasteiger charge is 2.25. The first-order chi connectivity index (χ1) is 16.0. The highest BCUT2D eigenvalue weighted by atomic mass is 19.2. The second kappa shape index (κ2) is 10.4. The molecular formula is C28H27F3O2. The molecule has 1 saturated heterocycles. The van der Waals surface area contributed by atoms with Crippen LogP contribution >= 0.6 is 0 Å². The Hall–Kier alpha value is -2.89. The van der Waals surface area contributed by atoms with Gasteiger partial charge in [0, 0.05) is 17.0 Å². The zero-order chi connectivity index (χ0) is 23.4. The van der Waals surface area contributed by atoms with Crippen LogP contribution in [-0.2, 0) is 15.9 Å². The number of hydrogen-bond donors (Lipinski definition) is 0. The summed E-state index contributed by atoms with van der Waals surface area (Å²) in [6.45, 7) is 5.01. The minimum atomic E-state index is -0.863. The van der Waals surface area contributed by atoms with Crippen LogP contribution < -0.4 is 0 Å². The van der Waals surface area contributed by atoms with Gasteiger partial charge < -0.3 is 9.47 Å². The minimum absolute atomic E-state index is 0.196. The third-order valence-corrected chi connectivity index (χ3v) is 6.06. The third-order valence-electron chi connectivity index (χ3n) is 6.06. The highest BCUT2D eigenvalue weighted by Crippen LogP contribution is 2.32. The fourth-order valence-corrected chi connectivity index (χ4v) is 3.91. The van der Waals surface area contributed by atoms with E-state index in [4.69, 9.17) is 9.47 Å². The van der Waals surface area contributed by atoms with Gasteiger partial charge in [-0.2, -0.15) is 0 Å². The van der Waals surface area contributed by atoms with E-state index in [1.165, 1.54) is 6.07 Å². The Labute approximate surface area is 192 Å². The lowest BCUT2D eigenvalue weighted by atomic mass is 9.97. The number of ether oxygens (including phenoxy) is 2. The van der Waals surface area contributed by atoms with E-state index >= 15 is 0 Å². The van der Waals surface area contributed by atoms with Crippen LogP contribution in [0.5, 0.6) is 0 Å². The first-order valence-electron chi connectivity index (χ1n) is 11.2. The van der Waals surface area contributed by atoms with Crippen molar-refractivity contribution in [3.8, 4) is 22.3 Å². The van der Waals surface area contributed by atoms with Crippen molar-refractivity contribution in [2.24, 2.45) is 5.92 Å². The van der Waals surface area contributed by atoms with Crippen molar-refractivity contribution in [3.05, 3.63) is 95.3 Å². The van der Waals surface area contributed by atoms with E-state index in [1.54, 1.807) is 54.6 Å². The number of rotatable bonds is 6. The molecule has 5 heteroatoms. The van der Waals surface area contributed by atoms with Crippen LogP contribution in [0.15, 0.2) is 66.7 Å². The Morgan fingerprint density at radius 3 is 2.15 bits per heavy atom. The molecule has 0 radical (unpaired) electrons. The van der Waals surface area contributed by atoms with Crippen molar-refractivity contribution in [2.45, 2.75) is 33.0 Å². The molecule has 3 aromatic rings. The average molecular weight is 453 g/mol. The molecule has 2 nitrogen and oxygen atoms in total. The molecule has 0 N–H and O–H groups in total. The van der Waals surface area contributed by atoms with Crippen molar-refractivity contribution >= 4 is 0 Å². The number of hydrogen-bond acceptors (Lipinski definition) is 2. The van der Waals surface area contributed by atoms with Gasteiger partial charge in [0.1, 0.15) is 5.82 Å². The monoisotopic (exact) mass is 452 g/mol. The minimum Gasteiger partial charge on any atom is -0.348 e. The molecule has 172 valence electrons. The molecule has 1 aliphatic rings. The molecule has 1 fully saturated rings. The average Bonchev–Trinajstić information content (AvgIpc) is 2.85. The van der Waals surface area contributed by atoms with Crippen LogP contribution in [0.3, 0.4) is 0 Å². The Morgan fingerprint density at radius 2 is 1.52 bits per heavy atom. The van der Waals surface area contributed by atoms with E-state index in [0.29, 0.717) is 47.8 Å². The van der Waals surface area contributed by atoms with Crippen molar-refractivity contribution in [1.82, 2.24) is 0 Å². The first-order valence-corrected chi connectivity index (χ1v) is 11.2. The van der Waals surface area contributed by atoms with Crippen LogP contribution in [0.25, 0.3) is 22.3 Å². The predicted octanol–water partition coefficient (Wildman–Crippen LogP) is 7.63. The van der Waals surface area contributed by atoms with Crippen molar-refractivity contribution in [1.29, 1.82) is 0 Å². The molecule has 3 aromatic carbocycles. The smallest absolute Gasteiger partial charge is 0.186 e. The van der Waals surface area contributed by atoms with Crippen LogP contribution in [-0.4, -0.2) is 13.2 Å². The quantitative estimate of drug-likeness (QED) is 0.358. The fraction of sp³-hybridized carbons (Fsp3) is 0.286. The lowest BCUT2D eigenvalue weighted by Gasteiger charge is -2.29. The number of allylic oxidation sites excluding steroid dienone is 2. The van der Waals surface area contributed by atoms with Crippen LogP contribution in [0, 0.1) is 23.4 Å². The second-order valence-electron chi connectivity index (χ2n) is 8.26. The SMILES string of the molecule is CC=CCc1ccc(-c2ccc(-c3ccc(C4OCC(CC)CO4)c(F)c3)cc2)c(F)c1F. The molecular weight excluding hydrogens is 425 g/mol. The second-order valence-corrected chi connectivity index (χ2v) is 8.26. The molecule has 1 heterocycles. The van der Waals surface area contributed by atoms with E-state index in [0.717, 1.165) is 12.0 Å². The maximum absolute atomic E-state index is 14.8. The van der Waals surface area contributed by atoms with E-state index in [-0.39, 0.29) is 5.56 Å². The van der Waals surface area contributed by atoms with Crippen LogP contribution in [0.1, 0.15) is 37.7 Å². The van der Waals surface area contributed by atoms with Crippen molar-refractivity contribution in [3.63, 3.8) is 0 Å². The molecule has 0 bridgehead atoms. The summed E-state index contributed by atoms with van der Waals surface area (Å²) in [5.41, 5.74) is 2.89. The zero-order valence-electron chi connectivity index (χ0n) is 18.8. The summed E-state index contributed by atoms with van der Waals surface area (Å²) in [7, 11) is 0. The Balaban J connectivity index is 1.53. The van der Waals surface area contributed by atoms with Crippen molar-refractivity contribution < 1.29 is 22.6 Å². The largest absolute Gasteiger partial charge is 0.348 e. The summed E-state index contributed by atoms with van der Waals surface area (Å²) >= 11 is 0. The van der Waals surface area contributed by atoms with Crippen molar-refractivity contribution in [2.75, 3.05) is 13.2 Å². The van der Waals surface area contributed by atoms with Gasteiger partial charge in [-0.05, 0) is 48.1 Å². The number of benzene rings is 3. The van der Waals surface area contributed by atoms with E-state index in [9.17, 15) is 13.2 Å². The summed E-state index contributed by atoms with van der Waals surface area (Å²) in [5.74, 6) is -1.76. The molecule has 0 atom stereocenters. The molecule has 0 amide bonds. The number of halogens is 3.